The van der Waals surface area contributed by atoms with Crippen molar-refractivity contribution in [1.82, 2.24) is 14.8 Å². The second-order valence-corrected chi connectivity index (χ2v) is 3.22. The molecule has 2 N–H and O–H groups in total. The smallest absolute Gasteiger partial charge is 0.147 e. The van der Waals surface area contributed by atoms with E-state index in [1.54, 1.807) is 25.4 Å². The summed E-state index contributed by atoms with van der Waals surface area (Å²) in [6.45, 7) is 1.98. The van der Waals surface area contributed by atoms with Crippen LogP contribution in [0.3, 0.4) is 0 Å². The Morgan fingerprint density at radius 3 is 2.69 bits per heavy atom. The van der Waals surface area contributed by atoms with E-state index in [-0.39, 0.29) is 24.8 Å². The molecule has 0 aliphatic carbocycles. The molecule has 0 bridgehead atoms. The summed E-state index contributed by atoms with van der Waals surface area (Å²) in [6.07, 6.45) is 1.55. The molecule has 86 valence electrons. The van der Waals surface area contributed by atoms with Crippen LogP contribution in [0.5, 0.6) is 0 Å². The maximum Gasteiger partial charge on any atom is 0.147 e. The van der Waals surface area contributed by atoms with Crippen LogP contribution >= 0.6 is 12.4 Å². The summed E-state index contributed by atoms with van der Waals surface area (Å²) in [5.41, 5.74) is 6.51. The van der Waals surface area contributed by atoms with E-state index < -0.39 is 0 Å². The molecule has 0 spiro atoms. The molecule has 0 amide bonds. The van der Waals surface area contributed by atoms with Crippen molar-refractivity contribution in [3.05, 3.63) is 41.7 Å². The standard InChI is InChI=1S/C10H11FN4.ClH/c1-7-13-6-15(14-7)9-3-2-8(5-12)10(11)4-9;/h2-4,6H,5,12H2,1H3;1H. The predicted molar refractivity (Wildman–Crippen MR) is 61.2 cm³/mol. The molecule has 4 nitrogen and oxygen atoms in total. The van der Waals surface area contributed by atoms with Crippen LogP contribution in [0.1, 0.15) is 11.4 Å². The minimum absolute atomic E-state index is 0. The molecular formula is C10H12ClFN4. The van der Waals surface area contributed by atoms with E-state index in [0.29, 0.717) is 17.1 Å². The molecule has 1 heterocycles. The first kappa shape index (κ1) is 12.6. The van der Waals surface area contributed by atoms with E-state index >= 15 is 0 Å². The second kappa shape index (κ2) is 5.05. The van der Waals surface area contributed by atoms with Gasteiger partial charge in [0, 0.05) is 12.1 Å². The number of nitrogens with zero attached hydrogens (tertiary/aromatic N) is 3. The molecule has 2 rings (SSSR count). The topological polar surface area (TPSA) is 56.7 Å². The lowest BCUT2D eigenvalue weighted by Crippen LogP contribution is -2.02. The second-order valence-electron chi connectivity index (χ2n) is 3.22. The van der Waals surface area contributed by atoms with Crippen LogP contribution in [0.2, 0.25) is 0 Å². The Morgan fingerprint density at radius 1 is 1.44 bits per heavy atom. The van der Waals surface area contributed by atoms with Crippen LogP contribution < -0.4 is 5.73 Å². The van der Waals surface area contributed by atoms with Gasteiger partial charge < -0.3 is 5.73 Å². The van der Waals surface area contributed by atoms with Gasteiger partial charge in [-0.05, 0) is 19.1 Å². The molecule has 1 aromatic heterocycles. The largest absolute Gasteiger partial charge is 0.326 e. The number of hydrogen-bond acceptors (Lipinski definition) is 3. The van der Waals surface area contributed by atoms with Gasteiger partial charge in [0.1, 0.15) is 18.0 Å². The zero-order valence-corrected chi connectivity index (χ0v) is 9.54. The highest BCUT2D eigenvalue weighted by atomic mass is 35.5. The average Bonchev–Trinajstić information content (AvgIpc) is 2.65. The minimum atomic E-state index is -0.317. The van der Waals surface area contributed by atoms with Gasteiger partial charge in [-0.25, -0.2) is 14.1 Å². The molecule has 0 atom stereocenters. The van der Waals surface area contributed by atoms with Crippen LogP contribution in [0.25, 0.3) is 5.69 Å². The van der Waals surface area contributed by atoms with Gasteiger partial charge in [0.15, 0.2) is 0 Å². The molecule has 2 aromatic rings. The zero-order chi connectivity index (χ0) is 10.8. The maximum atomic E-state index is 13.4. The number of aromatic nitrogens is 3. The van der Waals surface area contributed by atoms with Crippen LogP contribution in [-0.2, 0) is 6.54 Å². The average molecular weight is 243 g/mol. The molecule has 1 aromatic carbocycles. The van der Waals surface area contributed by atoms with Gasteiger partial charge in [0.2, 0.25) is 0 Å². The Labute approximate surface area is 98.7 Å². The van der Waals surface area contributed by atoms with Crippen molar-refractivity contribution in [1.29, 1.82) is 0 Å². The highest BCUT2D eigenvalue weighted by Crippen LogP contribution is 2.12. The molecule has 0 aliphatic rings. The van der Waals surface area contributed by atoms with E-state index in [2.05, 4.69) is 10.1 Å². The highest BCUT2D eigenvalue weighted by Gasteiger charge is 2.04. The Bertz CT molecular complexity index is 483. The van der Waals surface area contributed by atoms with E-state index in [1.165, 1.54) is 10.7 Å². The SMILES string of the molecule is Cc1ncn(-c2ccc(CN)c(F)c2)n1.Cl. The van der Waals surface area contributed by atoms with Crippen LogP contribution in [-0.4, -0.2) is 14.8 Å². The molecule has 0 saturated carbocycles. The number of hydrogen-bond donors (Lipinski definition) is 1. The van der Waals surface area contributed by atoms with Crippen molar-refractivity contribution in [3.63, 3.8) is 0 Å². The lowest BCUT2D eigenvalue weighted by Gasteiger charge is -2.03. The number of benzene rings is 1. The first-order valence-corrected chi connectivity index (χ1v) is 4.58. The fourth-order valence-corrected chi connectivity index (χ4v) is 1.31. The van der Waals surface area contributed by atoms with Gasteiger partial charge in [-0.15, -0.1) is 12.4 Å². The number of halogens is 2. The van der Waals surface area contributed by atoms with Gasteiger partial charge in [-0.2, -0.15) is 5.10 Å². The quantitative estimate of drug-likeness (QED) is 0.870. The first-order chi connectivity index (χ1) is 7.20. The fraction of sp³-hybridized carbons (Fsp3) is 0.200. The van der Waals surface area contributed by atoms with E-state index in [0.717, 1.165) is 0 Å². The molecule has 6 heteroatoms. The van der Waals surface area contributed by atoms with E-state index in [9.17, 15) is 4.39 Å². The van der Waals surface area contributed by atoms with Gasteiger partial charge in [-0.1, -0.05) is 6.07 Å². The zero-order valence-electron chi connectivity index (χ0n) is 8.72. The van der Waals surface area contributed by atoms with Gasteiger partial charge in [0.05, 0.1) is 5.69 Å². The molecule has 0 radical (unpaired) electrons. The summed E-state index contributed by atoms with van der Waals surface area (Å²) in [5, 5.41) is 4.09. The molecule has 16 heavy (non-hydrogen) atoms. The van der Waals surface area contributed by atoms with Gasteiger partial charge in [-0.3, -0.25) is 0 Å². The maximum absolute atomic E-state index is 13.4. The van der Waals surface area contributed by atoms with E-state index in [4.69, 9.17) is 5.73 Å². The Morgan fingerprint density at radius 2 is 2.19 bits per heavy atom. The monoisotopic (exact) mass is 242 g/mol. The van der Waals surface area contributed by atoms with Crippen molar-refractivity contribution in [2.75, 3.05) is 0 Å². The normalized spacial score (nSPS) is 9.94. The van der Waals surface area contributed by atoms with Crippen molar-refractivity contribution in [2.24, 2.45) is 5.73 Å². The third-order valence-corrected chi connectivity index (χ3v) is 2.13. The van der Waals surface area contributed by atoms with Crippen LogP contribution in [0, 0.1) is 12.7 Å². The minimum Gasteiger partial charge on any atom is -0.326 e. The molecule has 0 unspecified atom stereocenters. The number of nitrogens with two attached hydrogens (primary N) is 1. The summed E-state index contributed by atoms with van der Waals surface area (Å²) in [5.74, 6) is 0.335. The fourth-order valence-electron chi connectivity index (χ4n) is 1.31. The third-order valence-electron chi connectivity index (χ3n) is 2.13. The lowest BCUT2D eigenvalue weighted by molar-refractivity contribution is 0.608. The number of aryl methyl sites for hydroxylation is 1. The van der Waals surface area contributed by atoms with Crippen molar-refractivity contribution >= 4 is 12.4 Å². The third kappa shape index (κ3) is 2.37. The number of rotatable bonds is 2. The van der Waals surface area contributed by atoms with Gasteiger partial charge >= 0.3 is 0 Å². The van der Waals surface area contributed by atoms with Crippen molar-refractivity contribution in [3.8, 4) is 5.69 Å². The lowest BCUT2D eigenvalue weighted by atomic mass is 10.2. The molecular weight excluding hydrogens is 231 g/mol. The molecule has 0 saturated heterocycles. The predicted octanol–water partition coefficient (Wildman–Crippen LogP) is 1.60. The van der Waals surface area contributed by atoms with Gasteiger partial charge in [0.25, 0.3) is 0 Å². The Hall–Kier alpha value is -1.46. The summed E-state index contributed by atoms with van der Waals surface area (Å²) < 4.78 is 14.9. The Balaban J connectivity index is 0.00000128. The van der Waals surface area contributed by atoms with Crippen LogP contribution in [0.4, 0.5) is 4.39 Å². The Kier molecular flexibility index (Phi) is 3.98. The summed E-state index contributed by atoms with van der Waals surface area (Å²) in [7, 11) is 0. The van der Waals surface area contributed by atoms with Crippen molar-refractivity contribution in [2.45, 2.75) is 13.5 Å². The summed E-state index contributed by atoms with van der Waals surface area (Å²) >= 11 is 0. The molecule has 0 fully saturated rings. The molecule has 0 aliphatic heterocycles. The summed E-state index contributed by atoms with van der Waals surface area (Å²) in [4.78, 5) is 3.97. The van der Waals surface area contributed by atoms with Crippen LogP contribution in [0.15, 0.2) is 24.5 Å². The highest BCUT2D eigenvalue weighted by molar-refractivity contribution is 5.85. The van der Waals surface area contributed by atoms with E-state index in [1.807, 2.05) is 0 Å². The first-order valence-electron chi connectivity index (χ1n) is 4.58. The summed E-state index contributed by atoms with van der Waals surface area (Å²) in [6, 6.07) is 4.82. The van der Waals surface area contributed by atoms with Crippen molar-refractivity contribution < 1.29 is 4.39 Å².